The van der Waals surface area contributed by atoms with E-state index >= 15 is 0 Å². The van der Waals surface area contributed by atoms with E-state index in [9.17, 15) is 4.39 Å². The molecule has 1 aliphatic carbocycles. The second-order valence-corrected chi connectivity index (χ2v) is 8.00. The first-order valence-electron chi connectivity index (χ1n) is 10.2. The van der Waals surface area contributed by atoms with Gasteiger partial charge in [-0.15, -0.1) is 0 Å². The molecule has 142 valence electrons. The Morgan fingerprint density at radius 1 is 1.11 bits per heavy atom. The van der Waals surface area contributed by atoms with Gasteiger partial charge in [0.15, 0.2) is 0 Å². The van der Waals surface area contributed by atoms with Crippen LogP contribution in [-0.2, 0) is 6.54 Å². The van der Waals surface area contributed by atoms with Crippen molar-refractivity contribution in [1.82, 2.24) is 24.4 Å². The number of imidazole rings is 2. The number of hydrogen-bond donors (Lipinski definition) is 1. The van der Waals surface area contributed by atoms with Crippen LogP contribution in [0, 0.1) is 5.82 Å². The van der Waals surface area contributed by atoms with Gasteiger partial charge in [-0.2, -0.15) is 0 Å². The Hall–Kier alpha value is -2.21. The van der Waals surface area contributed by atoms with E-state index in [-0.39, 0.29) is 11.9 Å². The van der Waals surface area contributed by atoms with Gasteiger partial charge in [0, 0.05) is 18.8 Å². The van der Waals surface area contributed by atoms with Crippen molar-refractivity contribution in [3.63, 3.8) is 0 Å². The van der Waals surface area contributed by atoms with E-state index in [0.717, 1.165) is 42.8 Å². The van der Waals surface area contributed by atoms with Crippen molar-refractivity contribution in [3.8, 4) is 0 Å². The molecular weight excluding hydrogens is 341 g/mol. The Morgan fingerprint density at radius 2 is 2.00 bits per heavy atom. The molecule has 1 saturated heterocycles. The summed E-state index contributed by atoms with van der Waals surface area (Å²) in [5.41, 5.74) is 2.92. The summed E-state index contributed by atoms with van der Waals surface area (Å²) in [6.45, 7) is 1.96. The molecule has 3 heterocycles. The van der Waals surface area contributed by atoms with Crippen molar-refractivity contribution in [2.24, 2.45) is 0 Å². The number of rotatable bonds is 4. The first-order chi connectivity index (χ1) is 13.3. The van der Waals surface area contributed by atoms with Gasteiger partial charge in [-0.3, -0.25) is 4.90 Å². The van der Waals surface area contributed by atoms with Crippen LogP contribution in [0.25, 0.3) is 11.0 Å². The number of fused-ring (bicyclic) bond motifs is 1. The van der Waals surface area contributed by atoms with Crippen LogP contribution in [0.3, 0.4) is 0 Å². The summed E-state index contributed by atoms with van der Waals surface area (Å²) in [5, 5.41) is 0. The van der Waals surface area contributed by atoms with E-state index in [1.807, 2.05) is 12.5 Å². The van der Waals surface area contributed by atoms with Crippen molar-refractivity contribution in [1.29, 1.82) is 0 Å². The number of aromatic amines is 1. The summed E-state index contributed by atoms with van der Waals surface area (Å²) in [6, 6.07) is 5.62. The van der Waals surface area contributed by atoms with E-state index in [2.05, 4.69) is 19.4 Å². The monoisotopic (exact) mass is 367 g/mol. The summed E-state index contributed by atoms with van der Waals surface area (Å²) >= 11 is 0. The van der Waals surface area contributed by atoms with Crippen molar-refractivity contribution in [3.05, 3.63) is 48.1 Å². The van der Waals surface area contributed by atoms with Gasteiger partial charge in [0.25, 0.3) is 0 Å². The fourth-order valence-electron chi connectivity index (χ4n) is 4.84. The Bertz CT molecular complexity index is 924. The number of likely N-dealkylation sites (tertiary alicyclic amines) is 1. The summed E-state index contributed by atoms with van der Waals surface area (Å²) in [7, 11) is 0. The quantitative estimate of drug-likeness (QED) is 0.724. The molecular formula is C21H26FN5. The first-order valence-corrected chi connectivity index (χ1v) is 10.2. The highest BCUT2D eigenvalue weighted by atomic mass is 19.1. The van der Waals surface area contributed by atoms with Gasteiger partial charge in [-0.1, -0.05) is 19.3 Å². The van der Waals surface area contributed by atoms with Gasteiger partial charge in [0.1, 0.15) is 11.6 Å². The minimum Gasteiger partial charge on any atom is -0.341 e. The summed E-state index contributed by atoms with van der Waals surface area (Å²) in [5.74, 6) is 0.731. The maximum absolute atomic E-state index is 13.5. The lowest BCUT2D eigenvalue weighted by Gasteiger charge is -2.28. The maximum atomic E-state index is 13.5. The molecule has 1 N–H and O–H groups in total. The molecule has 1 aliphatic heterocycles. The molecule has 6 heteroatoms. The minimum absolute atomic E-state index is 0.225. The van der Waals surface area contributed by atoms with Gasteiger partial charge in [-0.25, -0.2) is 14.4 Å². The molecule has 1 aromatic carbocycles. The smallest absolute Gasteiger partial charge is 0.125 e. The molecule has 0 spiro atoms. The van der Waals surface area contributed by atoms with E-state index < -0.39 is 0 Å². The number of halogens is 1. The number of H-pyrrole nitrogens is 1. The molecule has 0 amide bonds. The fourth-order valence-corrected chi connectivity index (χ4v) is 4.84. The maximum Gasteiger partial charge on any atom is 0.125 e. The lowest BCUT2D eigenvalue weighted by atomic mass is 9.95. The number of aromatic nitrogens is 4. The molecule has 5 nitrogen and oxygen atoms in total. The van der Waals surface area contributed by atoms with Crippen LogP contribution in [0.4, 0.5) is 4.39 Å². The third kappa shape index (κ3) is 3.27. The molecule has 3 aromatic rings. The molecule has 27 heavy (non-hydrogen) atoms. The predicted molar refractivity (Wildman–Crippen MR) is 103 cm³/mol. The van der Waals surface area contributed by atoms with E-state index in [4.69, 9.17) is 4.98 Å². The largest absolute Gasteiger partial charge is 0.341 e. The van der Waals surface area contributed by atoms with Gasteiger partial charge >= 0.3 is 0 Å². The highest BCUT2D eigenvalue weighted by Gasteiger charge is 2.30. The molecule has 5 rings (SSSR count). The van der Waals surface area contributed by atoms with Crippen LogP contribution in [0.2, 0.25) is 0 Å². The zero-order valence-corrected chi connectivity index (χ0v) is 15.6. The van der Waals surface area contributed by atoms with E-state index in [1.165, 1.54) is 49.9 Å². The predicted octanol–water partition coefficient (Wildman–Crippen LogP) is 4.74. The fraction of sp³-hybridized carbons (Fsp3) is 0.524. The summed E-state index contributed by atoms with van der Waals surface area (Å²) in [6.07, 6.45) is 12.8. The second-order valence-electron chi connectivity index (χ2n) is 8.00. The molecule has 0 bridgehead atoms. The van der Waals surface area contributed by atoms with Crippen molar-refractivity contribution in [2.75, 3.05) is 6.54 Å². The van der Waals surface area contributed by atoms with Gasteiger partial charge in [0.2, 0.25) is 0 Å². The third-order valence-corrected chi connectivity index (χ3v) is 6.22. The van der Waals surface area contributed by atoms with Crippen LogP contribution in [-0.4, -0.2) is 31.0 Å². The van der Waals surface area contributed by atoms with E-state index in [1.54, 1.807) is 6.07 Å². The number of benzene rings is 1. The summed E-state index contributed by atoms with van der Waals surface area (Å²) in [4.78, 5) is 15.0. The average molecular weight is 367 g/mol. The molecule has 2 aliphatic rings. The van der Waals surface area contributed by atoms with Crippen molar-refractivity contribution >= 4 is 11.0 Å². The van der Waals surface area contributed by atoms with Crippen LogP contribution in [0.1, 0.15) is 68.5 Å². The topological polar surface area (TPSA) is 49.7 Å². The minimum atomic E-state index is -0.225. The third-order valence-electron chi connectivity index (χ3n) is 6.22. The number of nitrogens with zero attached hydrogens (tertiary/aromatic N) is 4. The Morgan fingerprint density at radius 3 is 2.89 bits per heavy atom. The van der Waals surface area contributed by atoms with Crippen LogP contribution in [0.15, 0.2) is 30.7 Å². The van der Waals surface area contributed by atoms with Crippen LogP contribution < -0.4 is 0 Å². The lowest BCUT2D eigenvalue weighted by molar-refractivity contribution is 0.229. The lowest BCUT2D eigenvalue weighted by Crippen LogP contribution is -2.26. The van der Waals surface area contributed by atoms with Gasteiger partial charge < -0.3 is 9.55 Å². The van der Waals surface area contributed by atoms with Gasteiger partial charge in [0.05, 0.1) is 29.1 Å². The molecule has 1 atom stereocenters. The van der Waals surface area contributed by atoms with Gasteiger partial charge in [-0.05, 0) is 50.4 Å². The normalized spacial score (nSPS) is 22.0. The second kappa shape index (κ2) is 7.08. The Labute approximate surface area is 158 Å². The zero-order valence-electron chi connectivity index (χ0n) is 15.6. The number of hydrogen-bond acceptors (Lipinski definition) is 3. The van der Waals surface area contributed by atoms with E-state index in [0.29, 0.717) is 6.04 Å². The van der Waals surface area contributed by atoms with Crippen molar-refractivity contribution in [2.45, 2.75) is 63.6 Å². The molecule has 1 saturated carbocycles. The molecule has 0 radical (unpaired) electrons. The highest BCUT2D eigenvalue weighted by Crippen LogP contribution is 2.34. The van der Waals surface area contributed by atoms with Crippen LogP contribution >= 0.6 is 0 Å². The standard InChI is InChI=1S/C21H26FN5/c22-15-8-9-18-19(11-15)25-21(24-18)20-7-4-10-26(20)13-17-12-23-14-27(17)16-5-2-1-3-6-16/h8-9,11-12,14,16,20H,1-7,10,13H2,(H,24,25)/t20-/m1/s1. The highest BCUT2D eigenvalue weighted by molar-refractivity contribution is 5.75. The van der Waals surface area contributed by atoms with Crippen molar-refractivity contribution < 1.29 is 4.39 Å². The number of nitrogens with one attached hydrogen (secondary N) is 1. The summed E-state index contributed by atoms with van der Waals surface area (Å²) < 4.78 is 15.9. The van der Waals surface area contributed by atoms with Crippen LogP contribution in [0.5, 0.6) is 0 Å². The molecule has 2 aromatic heterocycles. The first kappa shape index (κ1) is 16.9. The zero-order chi connectivity index (χ0) is 18.2. The molecule has 0 unspecified atom stereocenters. The molecule has 2 fully saturated rings. The average Bonchev–Trinajstić information content (AvgIpc) is 3.41. The SMILES string of the molecule is Fc1ccc2nc([C@H]3CCCN3Cc3cncn3C3CCCCC3)[nH]c2c1. The Balaban J connectivity index is 1.38. The Kier molecular flexibility index (Phi) is 4.44.